The number of benzene rings is 2. The number of nitrogens with two attached hydrogens (primary N) is 1. The van der Waals surface area contributed by atoms with Gasteiger partial charge in [0.2, 0.25) is 5.96 Å². The topological polar surface area (TPSA) is 175 Å². The fourth-order valence-electron chi connectivity index (χ4n) is 3.43. The SMILES string of the molecule is COC(=O)CN(C)/C(N)=N\P(=O)(OCCOC(=O)OCCCc1ccccc1)OCCOC(=O)OCCCc1ccccc1. The van der Waals surface area contributed by atoms with E-state index in [-0.39, 0.29) is 38.9 Å². The van der Waals surface area contributed by atoms with Gasteiger partial charge in [-0.15, -0.1) is 4.76 Å². The third-order valence-electron chi connectivity index (χ3n) is 5.67. The Hall–Kier alpha value is -4.13. The lowest BCUT2D eigenvalue weighted by atomic mass is 10.1. The lowest BCUT2D eigenvalue weighted by molar-refractivity contribution is -0.140. The molecule has 0 unspecified atom stereocenters. The molecule has 0 atom stereocenters. The van der Waals surface area contributed by atoms with E-state index >= 15 is 0 Å². The van der Waals surface area contributed by atoms with Crippen LogP contribution in [0.1, 0.15) is 24.0 Å². The van der Waals surface area contributed by atoms with Gasteiger partial charge in [0, 0.05) is 7.05 Å². The van der Waals surface area contributed by atoms with Crippen LogP contribution in [0.5, 0.6) is 0 Å². The molecule has 2 N–H and O–H groups in total. The number of hydrogen-bond acceptors (Lipinski definition) is 11. The molecule has 0 heterocycles. The molecule has 0 bridgehead atoms. The Morgan fingerprint density at radius 1 is 0.727 bits per heavy atom. The average Bonchev–Trinajstić information content (AvgIpc) is 3.02. The Bertz CT molecular complexity index is 1140. The van der Waals surface area contributed by atoms with Crippen LogP contribution in [0.3, 0.4) is 0 Å². The minimum absolute atomic E-state index is 0.152. The second kappa shape index (κ2) is 20.7. The molecule has 44 heavy (non-hydrogen) atoms. The molecule has 0 aliphatic carbocycles. The molecule has 0 aromatic heterocycles. The van der Waals surface area contributed by atoms with Crippen LogP contribution in [-0.2, 0) is 54.9 Å². The average molecular weight is 638 g/mol. The molecule has 0 fully saturated rings. The van der Waals surface area contributed by atoms with Crippen molar-refractivity contribution >= 4 is 32.0 Å². The number of carbonyl (C=O) groups is 3. The van der Waals surface area contributed by atoms with Gasteiger partial charge in [0.1, 0.15) is 19.8 Å². The molecular formula is C29H40N3O11P. The highest BCUT2D eigenvalue weighted by molar-refractivity contribution is 7.52. The molecule has 14 nitrogen and oxygen atoms in total. The summed E-state index contributed by atoms with van der Waals surface area (Å²) in [6, 6.07) is 19.5. The Kier molecular flexibility index (Phi) is 17.0. The molecule has 0 aliphatic heterocycles. The number of likely N-dealkylation sites (N-methyl/N-ethyl adjacent to an activating group) is 1. The van der Waals surface area contributed by atoms with Gasteiger partial charge in [-0.25, -0.2) is 14.2 Å². The first-order chi connectivity index (χ1) is 21.2. The van der Waals surface area contributed by atoms with Gasteiger partial charge in [0.25, 0.3) is 0 Å². The molecule has 0 aliphatic rings. The zero-order valence-corrected chi connectivity index (χ0v) is 25.9. The second-order valence-corrected chi connectivity index (χ2v) is 10.8. The summed E-state index contributed by atoms with van der Waals surface area (Å²) in [5, 5.41) is 0. The summed E-state index contributed by atoms with van der Waals surface area (Å²) in [5.74, 6) is -0.968. The van der Waals surface area contributed by atoms with Crippen molar-refractivity contribution in [2.75, 3.05) is 60.3 Å². The smallest absolute Gasteiger partial charge is 0.468 e. The van der Waals surface area contributed by atoms with Gasteiger partial charge < -0.3 is 34.3 Å². The van der Waals surface area contributed by atoms with Crippen molar-refractivity contribution in [3.63, 3.8) is 0 Å². The predicted molar refractivity (Wildman–Crippen MR) is 160 cm³/mol. The van der Waals surface area contributed by atoms with Gasteiger partial charge in [-0.2, -0.15) is 0 Å². The van der Waals surface area contributed by atoms with Gasteiger partial charge in [-0.1, -0.05) is 60.7 Å². The van der Waals surface area contributed by atoms with E-state index in [2.05, 4.69) is 9.50 Å². The Morgan fingerprint density at radius 3 is 1.59 bits per heavy atom. The number of esters is 1. The molecule has 0 saturated heterocycles. The van der Waals surface area contributed by atoms with Crippen LogP contribution in [0.2, 0.25) is 0 Å². The number of guanidine groups is 1. The Morgan fingerprint density at radius 2 is 1.16 bits per heavy atom. The number of ether oxygens (including phenoxy) is 5. The van der Waals surface area contributed by atoms with E-state index in [9.17, 15) is 18.9 Å². The van der Waals surface area contributed by atoms with E-state index in [0.717, 1.165) is 28.9 Å². The third kappa shape index (κ3) is 15.9. The number of rotatable bonds is 19. The molecule has 0 radical (unpaired) electrons. The maximum atomic E-state index is 13.3. The van der Waals surface area contributed by atoms with Crippen LogP contribution in [0.25, 0.3) is 0 Å². The van der Waals surface area contributed by atoms with E-state index in [1.807, 2.05) is 60.7 Å². The molecule has 242 valence electrons. The minimum Gasteiger partial charge on any atom is -0.468 e. The first-order valence-electron chi connectivity index (χ1n) is 13.9. The van der Waals surface area contributed by atoms with Crippen molar-refractivity contribution < 1.29 is 51.7 Å². The maximum Gasteiger partial charge on any atom is 0.508 e. The third-order valence-corrected chi connectivity index (χ3v) is 7.14. The number of carbonyl (C=O) groups excluding carboxylic acids is 3. The number of hydrogen-bond donors (Lipinski definition) is 1. The van der Waals surface area contributed by atoms with Crippen LogP contribution in [0.15, 0.2) is 65.4 Å². The number of methoxy groups -OCH3 is 1. The number of nitrogens with zero attached hydrogens (tertiary/aromatic N) is 2. The quantitative estimate of drug-likeness (QED) is 0.0582. The zero-order valence-electron chi connectivity index (χ0n) is 25.0. The van der Waals surface area contributed by atoms with Crippen molar-refractivity contribution in [2.45, 2.75) is 25.7 Å². The molecule has 0 spiro atoms. The summed E-state index contributed by atoms with van der Waals surface area (Å²) in [5.41, 5.74) is 8.09. The van der Waals surface area contributed by atoms with Gasteiger partial charge >= 0.3 is 26.0 Å². The monoisotopic (exact) mass is 637 g/mol. The first kappa shape index (κ1) is 36.1. The van der Waals surface area contributed by atoms with Gasteiger partial charge in [0.05, 0.1) is 33.5 Å². The maximum absolute atomic E-state index is 13.3. The standard InChI is InChI=1S/C29H40N3O11P/c1-32(23-26(33)37-2)27(30)31-44(36,42-21-19-40-28(34)38-17-9-15-24-11-5-3-6-12-24)43-22-20-41-29(35)39-18-10-16-25-13-7-4-8-14-25/h3-8,11-14H,9-10,15-23H2,1-2H3,(H2,30,31,36). The van der Waals surface area contributed by atoms with Crippen molar-refractivity contribution in [2.24, 2.45) is 10.5 Å². The summed E-state index contributed by atoms with van der Waals surface area (Å²) >= 11 is 0. The first-order valence-corrected chi connectivity index (χ1v) is 15.4. The summed E-state index contributed by atoms with van der Waals surface area (Å²) in [4.78, 5) is 36.4. The highest BCUT2D eigenvalue weighted by atomic mass is 31.2. The van der Waals surface area contributed by atoms with Gasteiger partial charge in [-0.05, 0) is 36.8 Å². The van der Waals surface area contributed by atoms with Crippen molar-refractivity contribution in [1.82, 2.24) is 4.90 Å². The normalized spacial score (nSPS) is 11.4. The van der Waals surface area contributed by atoms with Crippen LogP contribution in [0, 0.1) is 0 Å². The summed E-state index contributed by atoms with van der Waals surface area (Å²) in [7, 11) is -1.71. The molecule has 2 aromatic carbocycles. The Labute approximate surface area is 256 Å². The van der Waals surface area contributed by atoms with E-state index in [4.69, 9.17) is 33.7 Å². The van der Waals surface area contributed by atoms with E-state index in [1.54, 1.807) is 0 Å². The molecule has 2 aromatic rings. The number of aryl methyl sites for hydroxylation is 2. The fraction of sp³-hybridized carbons (Fsp3) is 0.448. The van der Waals surface area contributed by atoms with Crippen molar-refractivity contribution in [1.29, 1.82) is 0 Å². The predicted octanol–water partition coefficient (Wildman–Crippen LogP) is 4.12. The second-order valence-electron chi connectivity index (χ2n) is 9.10. The highest BCUT2D eigenvalue weighted by Gasteiger charge is 2.27. The van der Waals surface area contributed by atoms with E-state index in [1.165, 1.54) is 14.2 Å². The largest absolute Gasteiger partial charge is 0.508 e. The van der Waals surface area contributed by atoms with Gasteiger partial charge in [-0.3, -0.25) is 13.8 Å². The van der Waals surface area contributed by atoms with Crippen molar-refractivity contribution in [3.8, 4) is 0 Å². The minimum atomic E-state index is -4.32. The lowest BCUT2D eigenvalue weighted by Crippen LogP contribution is -2.38. The van der Waals surface area contributed by atoms with E-state index in [0.29, 0.717) is 12.8 Å². The van der Waals surface area contributed by atoms with Gasteiger partial charge in [0.15, 0.2) is 0 Å². The summed E-state index contributed by atoms with van der Waals surface area (Å²) < 4.78 is 52.1. The van der Waals surface area contributed by atoms with Crippen molar-refractivity contribution in [3.05, 3.63) is 71.8 Å². The van der Waals surface area contributed by atoms with Crippen LogP contribution < -0.4 is 5.73 Å². The van der Waals surface area contributed by atoms with E-state index < -0.39 is 39.2 Å². The zero-order chi connectivity index (χ0) is 32.0. The Balaban J connectivity index is 1.76. The fourth-order valence-corrected chi connectivity index (χ4v) is 4.63. The molecule has 15 heteroatoms. The highest BCUT2D eigenvalue weighted by Crippen LogP contribution is 2.49. The summed E-state index contributed by atoms with van der Waals surface area (Å²) in [6.45, 7) is -1.42. The van der Waals surface area contributed by atoms with Crippen LogP contribution in [0.4, 0.5) is 9.59 Å². The molecule has 0 amide bonds. The molecular weight excluding hydrogens is 597 g/mol. The summed E-state index contributed by atoms with van der Waals surface area (Å²) in [6.07, 6.45) is 0.835. The van der Waals surface area contributed by atoms with Crippen LogP contribution in [-0.4, -0.2) is 89.5 Å². The molecule has 2 rings (SSSR count). The molecule has 0 saturated carbocycles. The van der Waals surface area contributed by atoms with Crippen LogP contribution >= 0.6 is 7.75 Å². The lowest BCUT2D eigenvalue weighted by Gasteiger charge is -2.19.